The van der Waals surface area contributed by atoms with Gasteiger partial charge in [0.25, 0.3) is 5.91 Å². The van der Waals surface area contributed by atoms with Gasteiger partial charge in [0.2, 0.25) is 5.91 Å². The van der Waals surface area contributed by atoms with Crippen LogP contribution in [0.3, 0.4) is 0 Å². The van der Waals surface area contributed by atoms with Gasteiger partial charge >= 0.3 is 0 Å². The van der Waals surface area contributed by atoms with Crippen molar-refractivity contribution < 1.29 is 9.59 Å². The Labute approximate surface area is 125 Å². The summed E-state index contributed by atoms with van der Waals surface area (Å²) in [6, 6.07) is 0. The molecule has 1 aromatic rings. The fourth-order valence-electron chi connectivity index (χ4n) is 1.95. The van der Waals surface area contributed by atoms with Gasteiger partial charge in [-0.25, -0.2) is 0 Å². The first kappa shape index (κ1) is 17.0. The molecule has 1 aromatic heterocycles. The summed E-state index contributed by atoms with van der Waals surface area (Å²) < 4.78 is 1.47. The zero-order valence-corrected chi connectivity index (χ0v) is 13.4. The highest BCUT2D eigenvalue weighted by atomic mass is 16.2. The molecule has 1 heterocycles. The summed E-state index contributed by atoms with van der Waals surface area (Å²) in [6.45, 7) is 6.54. The van der Waals surface area contributed by atoms with E-state index in [9.17, 15) is 9.59 Å². The van der Waals surface area contributed by atoms with Crippen LogP contribution in [0.25, 0.3) is 0 Å². The van der Waals surface area contributed by atoms with E-state index in [0.29, 0.717) is 36.0 Å². The fraction of sp³-hybridized carbons (Fsp3) is 0.643. The Morgan fingerprint density at radius 3 is 2.52 bits per heavy atom. The molecule has 0 aromatic carbocycles. The lowest BCUT2D eigenvalue weighted by atomic mass is 10.2. The number of nitrogens with two attached hydrogens (primary N) is 1. The molecule has 0 saturated carbocycles. The Balaban J connectivity index is 2.75. The van der Waals surface area contributed by atoms with Crippen molar-refractivity contribution in [2.75, 3.05) is 25.9 Å². The molecule has 118 valence electrons. The average Bonchev–Trinajstić information content (AvgIpc) is 2.70. The third-order valence-corrected chi connectivity index (χ3v) is 3.13. The maximum absolute atomic E-state index is 12.4. The molecular formula is C14H25N5O2. The van der Waals surface area contributed by atoms with Crippen LogP contribution in [0.1, 0.15) is 37.0 Å². The Kier molecular flexibility index (Phi) is 5.75. The van der Waals surface area contributed by atoms with Crippen molar-refractivity contribution in [1.29, 1.82) is 0 Å². The molecule has 0 saturated heterocycles. The number of likely N-dealkylation sites (N-methyl/N-ethyl adjacent to an activating group) is 1. The average molecular weight is 295 g/mol. The molecule has 3 N–H and O–H groups in total. The van der Waals surface area contributed by atoms with Crippen LogP contribution in [-0.4, -0.2) is 46.6 Å². The Bertz CT molecular complexity index is 522. The second kappa shape index (κ2) is 7.10. The van der Waals surface area contributed by atoms with Gasteiger partial charge in [-0.05, 0) is 12.3 Å². The maximum atomic E-state index is 12.4. The van der Waals surface area contributed by atoms with Crippen molar-refractivity contribution in [3.8, 4) is 0 Å². The molecule has 0 spiro atoms. The molecule has 1 rings (SSSR count). The molecule has 0 bridgehead atoms. The second-order valence-corrected chi connectivity index (χ2v) is 5.55. The van der Waals surface area contributed by atoms with Gasteiger partial charge in [0, 0.05) is 20.6 Å². The fourth-order valence-corrected chi connectivity index (χ4v) is 1.95. The van der Waals surface area contributed by atoms with E-state index in [1.807, 2.05) is 20.8 Å². The first-order chi connectivity index (χ1) is 9.77. The van der Waals surface area contributed by atoms with Crippen LogP contribution in [-0.2, 0) is 18.3 Å². The van der Waals surface area contributed by atoms with E-state index >= 15 is 0 Å². The summed E-state index contributed by atoms with van der Waals surface area (Å²) in [5.41, 5.74) is 7.36. The minimum atomic E-state index is -0.304. The third-order valence-electron chi connectivity index (χ3n) is 3.13. The number of rotatable bonds is 6. The largest absolute Gasteiger partial charge is 0.395 e. The first-order valence-electron chi connectivity index (χ1n) is 7.11. The van der Waals surface area contributed by atoms with Crippen LogP contribution in [0.2, 0.25) is 0 Å². The number of carbonyl (C=O) groups excluding carboxylic acids is 2. The number of nitrogen functional groups attached to an aromatic ring is 1. The molecule has 7 heteroatoms. The Morgan fingerprint density at radius 1 is 1.43 bits per heavy atom. The van der Waals surface area contributed by atoms with Crippen molar-refractivity contribution in [3.05, 3.63) is 11.4 Å². The van der Waals surface area contributed by atoms with E-state index in [1.54, 1.807) is 14.1 Å². The lowest BCUT2D eigenvalue weighted by Gasteiger charge is -2.17. The van der Waals surface area contributed by atoms with Crippen LogP contribution in [0.4, 0.5) is 5.69 Å². The van der Waals surface area contributed by atoms with Gasteiger partial charge in [0.05, 0.1) is 17.9 Å². The van der Waals surface area contributed by atoms with Crippen LogP contribution >= 0.6 is 0 Å². The SMILES string of the molecule is CCc1nn(C)c(C(=O)N(C)CC(=O)NCC(C)C)c1N. The van der Waals surface area contributed by atoms with Crippen LogP contribution in [0.5, 0.6) is 0 Å². The normalized spacial score (nSPS) is 10.8. The van der Waals surface area contributed by atoms with Crippen LogP contribution in [0.15, 0.2) is 0 Å². The Hall–Kier alpha value is -2.05. The lowest BCUT2D eigenvalue weighted by Crippen LogP contribution is -2.40. The summed E-state index contributed by atoms with van der Waals surface area (Å²) in [7, 11) is 3.25. The standard InChI is InChI=1S/C14H25N5O2/c1-6-10-12(15)13(19(5)17-10)14(21)18(4)8-11(20)16-7-9(2)3/h9H,6-8,15H2,1-5H3,(H,16,20). The van der Waals surface area contributed by atoms with Gasteiger partial charge < -0.3 is 16.0 Å². The number of amides is 2. The topological polar surface area (TPSA) is 93.2 Å². The molecule has 0 unspecified atom stereocenters. The first-order valence-corrected chi connectivity index (χ1v) is 7.11. The molecule has 7 nitrogen and oxygen atoms in total. The highest BCUT2D eigenvalue weighted by molar-refractivity contribution is 5.99. The van der Waals surface area contributed by atoms with E-state index < -0.39 is 0 Å². The highest BCUT2D eigenvalue weighted by Gasteiger charge is 2.23. The summed E-state index contributed by atoms with van der Waals surface area (Å²) >= 11 is 0. The van der Waals surface area contributed by atoms with Gasteiger partial charge in [-0.3, -0.25) is 14.3 Å². The zero-order chi connectivity index (χ0) is 16.2. The van der Waals surface area contributed by atoms with E-state index in [4.69, 9.17) is 5.73 Å². The van der Waals surface area contributed by atoms with Gasteiger partial charge in [0.15, 0.2) is 0 Å². The van der Waals surface area contributed by atoms with Crippen LogP contribution in [0, 0.1) is 5.92 Å². The van der Waals surface area contributed by atoms with E-state index in [0.717, 1.165) is 0 Å². The summed E-state index contributed by atoms with van der Waals surface area (Å²) in [5, 5.41) is 6.99. The van der Waals surface area contributed by atoms with Gasteiger partial charge in [-0.1, -0.05) is 20.8 Å². The van der Waals surface area contributed by atoms with Crippen molar-refractivity contribution in [1.82, 2.24) is 20.0 Å². The predicted octanol–water partition coefficient (Wildman–Crippen LogP) is 0.409. The summed E-state index contributed by atoms with van der Waals surface area (Å²) in [6.07, 6.45) is 0.658. The van der Waals surface area contributed by atoms with E-state index in [2.05, 4.69) is 10.4 Å². The number of hydrogen-bond donors (Lipinski definition) is 2. The molecule has 0 aliphatic heterocycles. The quantitative estimate of drug-likeness (QED) is 0.795. The molecule has 21 heavy (non-hydrogen) atoms. The van der Waals surface area contributed by atoms with Crippen molar-refractivity contribution in [2.45, 2.75) is 27.2 Å². The van der Waals surface area contributed by atoms with E-state index in [1.165, 1.54) is 9.58 Å². The molecule has 0 aliphatic rings. The maximum Gasteiger partial charge on any atom is 0.274 e. The van der Waals surface area contributed by atoms with Crippen molar-refractivity contribution in [2.24, 2.45) is 13.0 Å². The van der Waals surface area contributed by atoms with Crippen molar-refractivity contribution in [3.63, 3.8) is 0 Å². The smallest absolute Gasteiger partial charge is 0.274 e. The number of nitrogens with one attached hydrogen (secondary N) is 1. The summed E-state index contributed by atoms with van der Waals surface area (Å²) in [5.74, 6) is -0.118. The minimum Gasteiger partial charge on any atom is -0.395 e. The molecule has 0 aliphatic carbocycles. The minimum absolute atomic E-state index is 0.00235. The number of carbonyl (C=O) groups is 2. The van der Waals surface area contributed by atoms with Crippen molar-refractivity contribution >= 4 is 17.5 Å². The van der Waals surface area contributed by atoms with Gasteiger partial charge in [-0.2, -0.15) is 5.10 Å². The van der Waals surface area contributed by atoms with E-state index in [-0.39, 0.29) is 18.4 Å². The third kappa shape index (κ3) is 4.21. The number of aryl methyl sites for hydroxylation is 2. The van der Waals surface area contributed by atoms with Gasteiger partial charge in [-0.15, -0.1) is 0 Å². The highest BCUT2D eigenvalue weighted by Crippen LogP contribution is 2.18. The molecule has 0 fully saturated rings. The zero-order valence-electron chi connectivity index (χ0n) is 13.4. The number of nitrogens with zero attached hydrogens (tertiary/aromatic N) is 3. The number of anilines is 1. The van der Waals surface area contributed by atoms with Gasteiger partial charge in [0.1, 0.15) is 5.69 Å². The number of aromatic nitrogens is 2. The lowest BCUT2D eigenvalue weighted by molar-refractivity contribution is -0.121. The molecule has 0 radical (unpaired) electrons. The van der Waals surface area contributed by atoms with Crippen LogP contribution < -0.4 is 11.1 Å². The Morgan fingerprint density at radius 2 is 2.05 bits per heavy atom. The second-order valence-electron chi connectivity index (χ2n) is 5.55. The summed E-state index contributed by atoms with van der Waals surface area (Å²) in [4.78, 5) is 25.5. The monoisotopic (exact) mass is 295 g/mol. The molecule has 2 amide bonds. The molecule has 0 atom stereocenters. The predicted molar refractivity (Wildman–Crippen MR) is 81.8 cm³/mol. The number of hydrogen-bond acceptors (Lipinski definition) is 4. The molecular weight excluding hydrogens is 270 g/mol.